The lowest BCUT2D eigenvalue weighted by Gasteiger charge is -2.31. The van der Waals surface area contributed by atoms with Gasteiger partial charge in [-0.2, -0.15) is 0 Å². The predicted octanol–water partition coefficient (Wildman–Crippen LogP) is 5.49. The van der Waals surface area contributed by atoms with Gasteiger partial charge in [-0.05, 0) is 66.6 Å². The van der Waals surface area contributed by atoms with Crippen LogP contribution in [0.5, 0.6) is 0 Å². The van der Waals surface area contributed by atoms with Gasteiger partial charge in [-0.3, -0.25) is 19.4 Å². The van der Waals surface area contributed by atoms with Gasteiger partial charge in [-0.25, -0.2) is 0 Å². The highest BCUT2D eigenvalue weighted by Gasteiger charge is 2.27. The van der Waals surface area contributed by atoms with E-state index in [9.17, 15) is 14.4 Å². The Labute approximate surface area is 229 Å². The number of nitrogens with zero attached hydrogens (tertiary/aromatic N) is 2. The van der Waals surface area contributed by atoms with Crippen molar-refractivity contribution in [1.29, 1.82) is 0 Å². The van der Waals surface area contributed by atoms with Crippen molar-refractivity contribution in [3.05, 3.63) is 103 Å². The summed E-state index contributed by atoms with van der Waals surface area (Å²) in [5, 5.41) is 12.4. The van der Waals surface area contributed by atoms with Gasteiger partial charge in [-0.1, -0.05) is 24.3 Å². The first-order chi connectivity index (χ1) is 19.1. The van der Waals surface area contributed by atoms with Crippen LogP contribution in [0.25, 0.3) is 10.9 Å². The second-order valence-electron chi connectivity index (χ2n) is 9.59. The Bertz CT molecular complexity index is 1730. The minimum atomic E-state index is -0.499. The summed E-state index contributed by atoms with van der Waals surface area (Å²) in [6.45, 7) is 2.12. The van der Waals surface area contributed by atoms with E-state index in [1.165, 1.54) is 11.3 Å². The van der Waals surface area contributed by atoms with Crippen LogP contribution in [0.15, 0.2) is 81.8 Å². The normalized spacial score (nSPS) is 13.5. The van der Waals surface area contributed by atoms with Gasteiger partial charge in [0.2, 0.25) is 0 Å². The number of nitrogens with one attached hydrogen (secondary N) is 3. The number of thiophene rings is 1. The summed E-state index contributed by atoms with van der Waals surface area (Å²) in [6.07, 6.45) is 4.95. The number of hydrogen-bond acceptors (Lipinski definition) is 8. The molecule has 0 aliphatic carbocycles. The summed E-state index contributed by atoms with van der Waals surface area (Å²) in [7, 11) is 0. The van der Waals surface area contributed by atoms with E-state index in [1.54, 1.807) is 24.4 Å². The Morgan fingerprint density at radius 1 is 0.923 bits per heavy atom. The number of benzene rings is 2. The van der Waals surface area contributed by atoms with Gasteiger partial charge < -0.3 is 20.9 Å². The molecule has 0 bridgehead atoms. The Kier molecular flexibility index (Phi) is 6.81. The molecule has 8 nitrogen and oxygen atoms in total. The zero-order valence-electron chi connectivity index (χ0n) is 21.2. The van der Waals surface area contributed by atoms with Crippen molar-refractivity contribution in [2.75, 3.05) is 33.9 Å². The van der Waals surface area contributed by atoms with Crippen molar-refractivity contribution in [3.8, 4) is 0 Å². The van der Waals surface area contributed by atoms with Crippen molar-refractivity contribution in [2.45, 2.75) is 25.8 Å². The first-order valence-electron chi connectivity index (χ1n) is 13.0. The molecule has 9 heteroatoms. The second kappa shape index (κ2) is 10.7. The van der Waals surface area contributed by atoms with E-state index in [4.69, 9.17) is 0 Å². The molecular weight excluding hydrogens is 510 g/mol. The maximum Gasteiger partial charge on any atom is 0.267 e. The number of carbonyl (C=O) groups excluding carboxylic acids is 1. The number of anilines is 5. The average molecular weight is 538 g/mol. The molecule has 0 unspecified atom stereocenters. The molecule has 0 atom stereocenters. The third-order valence-corrected chi connectivity index (χ3v) is 7.94. The molecule has 39 heavy (non-hydrogen) atoms. The second-order valence-corrected chi connectivity index (χ2v) is 10.5. The van der Waals surface area contributed by atoms with Crippen LogP contribution in [0.4, 0.5) is 28.4 Å². The molecule has 1 amide bonds. The smallest absolute Gasteiger partial charge is 0.267 e. The van der Waals surface area contributed by atoms with Crippen molar-refractivity contribution < 1.29 is 4.79 Å². The fourth-order valence-electron chi connectivity index (χ4n) is 5.05. The lowest BCUT2D eigenvalue weighted by Crippen LogP contribution is -2.44. The number of piperidine rings is 1. The summed E-state index contributed by atoms with van der Waals surface area (Å²) in [5.74, 6) is -0.229. The fourth-order valence-corrected chi connectivity index (χ4v) is 5.81. The molecule has 0 radical (unpaired) electrons. The van der Waals surface area contributed by atoms with Gasteiger partial charge in [0, 0.05) is 42.6 Å². The maximum atomic E-state index is 13.2. The van der Waals surface area contributed by atoms with Crippen LogP contribution in [-0.2, 0) is 6.54 Å². The molecule has 0 saturated carbocycles. The van der Waals surface area contributed by atoms with Gasteiger partial charge in [0.05, 0.1) is 11.2 Å². The zero-order valence-corrected chi connectivity index (χ0v) is 22.0. The molecule has 6 rings (SSSR count). The predicted molar refractivity (Wildman–Crippen MR) is 158 cm³/mol. The third-order valence-electron chi connectivity index (χ3n) is 7.03. The quantitative estimate of drug-likeness (QED) is 0.225. The molecule has 3 aromatic carbocycles. The van der Waals surface area contributed by atoms with E-state index >= 15 is 0 Å². The molecule has 2 aromatic heterocycles. The highest BCUT2D eigenvalue weighted by Crippen LogP contribution is 2.29. The number of pyridine rings is 1. The van der Waals surface area contributed by atoms with Crippen LogP contribution in [0.1, 0.15) is 34.5 Å². The highest BCUT2D eigenvalue weighted by molar-refractivity contribution is 7.12. The summed E-state index contributed by atoms with van der Waals surface area (Å²) in [6, 6.07) is 19.0. The largest absolute Gasteiger partial charge is 0.380 e. The van der Waals surface area contributed by atoms with E-state index in [2.05, 4.69) is 20.9 Å². The SMILES string of the molecule is O=C(Nc1cccc(Nc2c(N3CCCCC3)c(=O)c2=O)c1)c1sccc1NCc1ccnc2ccccc12. The molecule has 5 aromatic rings. The van der Waals surface area contributed by atoms with E-state index in [0.29, 0.717) is 34.2 Å². The zero-order chi connectivity index (χ0) is 26.8. The Morgan fingerprint density at radius 2 is 1.74 bits per heavy atom. The number of para-hydroxylation sites is 1. The van der Waals surface area contributed by atoms with Crippen molar-refractivity contribution >= 4 is 56.6 Å². The summed E-state index contributed by atoms with van der Waals surface area (Å²) in [5.41, 5.74) is 3.88. The lowest BCUT2D eigenvalue weighted by molar-refractivity contribution is 0.103. The molecule has 3 N–H and O–H groups in total. The highest BCUT2D eigenvalue weighted by atomic mass is 32.1. The molecule has 1 aliphatic heterocycles. The van der Waals surface area contributed by atoms with Crippen LogP contribution in [-0.4, -0.2) is 24.0 Å². The van der Waals surface area contributed by atoms with Gasteiger partial charge in [0.15, 0.2) is 0 Å². The Balaban J connectivity index is 1.14. The molecule has 1 fully saturated rings. The first-order valence-corrected chi connectivity index (χ1v) is 13.9. The van der Waals surface area contributed by atoms with E-state index < -0.39 is 10.9 Å². The van der Waals surface area contributed by atoms with Crippen LogP contribution in [0.3, 0.4) is 0 Å². The molecule has 1 aliphatic rings. The number of rotatable bonds is 8. The van der Waals surface area contributed by atoms with Gasteiger partial charge in [0.25, 0.3) is 16.8 Å². The molecule has 3 heterocycles. The van der Waals surface area contributed by atoms with E-state index in [1.807, 2.05) is 52.7 Å². The van der Waals surface area contributed by atoms with Crippen molar-refractivity contribution in [1.82, 2.24) is 4.98 Å². The topological polar surface area (TPSA) is 103 Å². The minimum absolute atomic E-state index is 0.229. The van der Waals surface area contributed by atoms with Crippen molar-refractivity contribution in [3.63, 3.8) is 0 Å². The minimum Gasteiger partial charge on any atom is -0.380 e. The van der Waals surface area contributed by atoms with E-state index in [-0.39, 0.29) is 5.91 Å². The maximum absolute atomic E-state index is 13.2. The number of hydrogen-bond donors (Lipinski definition) is 3. The molecule has 1 saturated heterocycles. The summed E-state index contributed by atoms with van der Waals surface area (Å²) in [4.78, 5) is 44.8. The number of aromatic nitrogens is 1. The number of carbonyl (C=O) groups is 1. The fraction of sp³-hybridized carbons (Fsp3) is 0.200. The molecule has 196 valence electrons. The Morgan fingerprint density at radius 3 is 2.62 bits per heavy atom. The van der Waals surface area contributed by atoms with Crippen LogP contribution >= 0.6 is 11.3 Å². The summed E-state index contributed by atoms with van der Waals surface area (Å²) < 4.78 is 0. The van der Waals surface area contributed by atoms with Gasteiger partial charge in [-0.15, -0.1) is 11.3 Å². The summed E-state index contributed by atoms with van der Waals surface area (Å²) >= 11 is 1.36. The third kappa shape index (κ3) is 5.00. The number of amides is 1. The van der Waals surface area contributed by atoms with Crippen LogP contribution < -0.4 is 31.7 Å². The van der Waals surface area contributed by atoms with Crippen LogP contribution in [0, 0.1) is 0 Å². The van der Waals surface area contributed by atoms with Gasteiger partial charge >= 0.3 is 0 Å². The average Bonchev–Trinajstić information content (AvgIpc) is 3.45. The molecule has 0 spiro atoms. The Hall–Kier alpha value is -4.50. The lowest BCUT2D eigenvalue weighted by atomic mass is 10.1. The monoisotopic (exact) mass is 537 g/mol. The standard InChI is InChI=1S/C30H27N5O3S/c36-27-25(26(28(27)37)35-14-4-1-5-15-35)33-20-7-6-8-21(17-20)34-30(38)29-24(12-16-39-29)32-18-19-11-13-31-23-10-3-2-9-22(19)23/h2-3,6-13,16-17,32-33H,1,4-5,14-15,18H2,(H,34,38). The first kappa shape index (κ1) is 24.8. The van der Waals surface area contributed by atoms with E-state index in [0.717, 1.165) is 54.5 Å². The van der Waals surface area contributed by atoms with Gasteiger partial charge in [0.1, 0.15) is 16.3 Å². The molecular formula is C30H27N5O3S. The number of fused-ring (bicyclic) bond motifs is 1. The van der Waals surface area contributed by atoms with Crippen LogP contribution in [0.2, 0.25) is 0 Å². The van der Waals surface area contributed by atoms with Crippen molar-refractivity contribution in [2.24, 2.45) is 0 Å².